The molecule has 2 fully saturated rings. The van der Waals surface area contributed by atoms with E-state index >= 15 is 0 Å². The quantitative estimate of drug-likeness (QED) is 0.446. The molecule has 34 heavy (non-hydrogen) atoms. The fraction of sp³-hybridized carbons (Fsp3) is 0.308. The molecule has 0 spiro atoms. The maximum Gasteiger partial charge on any atom is 0.180 e. The lowest BCUT2D eigenvalue weighted by Crippen LogP contribution is -2.45. The van der Waals surface area contributed by atoms with Gasteiger partial charge in [-0.25, -0.2) is 19.3 Å². The average Bonchev–Trinajstić information content (AvgIpc) is 3.49. The molecule has 4 aromatic rings. The number of nitrogens with zero attached hydrogens (tertiary/aromatic N) is 5. The summed E-state index contributed by atoms with van der Waals surface area (Å²) in [5.41, 5.74) is 2.00. The molecule has 7 nitrogen and oxygen atoms in total. The lowest BCUT2D eigenvalue weighted by molar-refractivity contribution is -0.110. The number of carbonyl (C=O) groups is 1. The van der Waals surface area contributed by atoms with E-state index in [9.17, 15) is 9.18 Å². The van der Waals surface area contributed by atoms with Gasteiger partial charge in [-0.3, -0.25) is 9.30 Å². The maximum absolute atomic E-state index is 13.8. The van der Waals surface area contributed by atoms with Crippen LogP contribution >= 0.6 is 0 Å². The Morgan fingerprint density at radius 1 is 1.12 bits per heavy atom. The molecule has 1 aromatic carbocycles. The number of hydrogen-bond acceptors (Lipinski definition) is 6. The van der Waals surface area contributed by atoms with Crippen LogP contribution in [0, 0.1) is 5.82 Å². The molecule has 1 aliphatic heterocycles. The van der Waals surface area contributed by atoms with E-state index in [4.69, 9.17) is 0 Å². The number of fused-ring (bicyclic) bond motifs is 1. The van der Waals surface area contributed by atoms with Gasteiger partial charge in [-0.05, 0) is 49.6 Å². The van der Waals surface area contributed by atoms with Gasteiger partial charge in [-0.15, -0.1) is 0 Å². The number of hydrogen-bond donors (Lipinski definition) is 1. The first-order valence-corrected chi connectivity index (χ1v) is 11.6. The van der Waals surface area contributed by atoms with Gasteiger partial charge >= 0.3 is 0 Å². The third-order valence-corrected chi connectivity index (χ3v) is 7.09. The summed E-state index contributed by atoms with van der Waals surface area (Å²) in [4.78, 5) is 27.9. The first-order valence-electron chi connectivity index (χ1n) is 11.6. The van der Waals surface area contributed by atoms with E-state index in [0.717, 1.165) is 50.0 Å². The van der Waals surface area contributed by atoms with Crippen LogP contribution in [0.15, 0.2) is 67.1 Å². The molecule has 4 heterocycles. The van der Waals surface area contributed by atoms with Crippen molar-refractivity contribution in [2.45, 2.75) is 36.8 Å². The van der Waals surface area contributed by atoms with Crippen molar-refractivity contribution in [1.82, 2.24) is 24.3 Å². The van der Waals surface area contributed by atoms with Crippen molar-refractivity contribution in [3.05, 3.63) is 78.5 Å². The zero-order valence-corrected chi connectivity index (χ0v) is 18.6. The summed E-state index contributed by atoms with van der Waals surface area (Å²) < 4.78 is 15.4. The molecule has 0 amide bonds. The second kappa shape index (κ2) is 8.29. The summed E-state index contributed by atoms with van der Waals surface area (Å²) >= 11 is 0. The predicted octanol–water partition coefficient (Wildman–Crippen LogP) is 3.72. The molecule has 172 valence electrons. The van der Waals surface area contributed by atoms with E-state index in [2.05, 4.69) is 37.3 Å². The molecular formula is C26H25FN6O. The van der Waals surface area contributed by atoms with Crippen LogP contribution in [0.4, 0.5) is 10.2 Å². The number of rotatable bonds is 6. The Hall–Kier alpha value is -3.65. The monoisotopic (exact) mass is 456 g/mol. The second-order valence-corrected chi connectivity index (χ2v) is 9.21. The predicted molar refractivity (Wildman–Crippen MR) is 127 cm³/mol. The van der Waals surface area contributed by atoms with E-state index < -0.39 is 0 Å². The van der Waals surface area contributed by atoms with Crippen molar-refractivity contribution in [1.29, 1.82) is 0 Å². The highest BCUT2D eigenvalue weighted by Crippen LogP contribution is 2.50. The van der Waals surface area contributed by atoms with Crippen LogP contribution in [0.3, 0.4) is 0 Å². The van der Waals surface area contributed by atoms with Crippen molar-refractivity contribution in [3.8, 4) is 11.5 Å². The Balaban J connectivity index is 1.18. The molecule has 1 aliphatic carbocycles. The first kappa shape index (κ1) is 20.9. The molecule has 2 unspecified atom stereocenters. The summed E-state index contributed by atoms with van der Waals surface area (Å²) in [7, 11) is 0. The van der Waals surface area contributed by atoms with Gasteiger partial charge in [0.2, 0.25) is 0 Å². The zero-order chi connectivity index (χ0) is 23.1. The molecule has 1 saturated heterocycles. The summed E-state index contributed by atoms with van der Waals surface area (Å²) in [5, 5.41) is 3.56. The molecule has 1 N–H and O–H groups in total. The molecule has 3 atom stereocenters. The second-order valence-electron chi connectivity index (χ2n) is 9.21. The molecular weight excluding hydrogens is 431 g/mol. The number of aromatic nitrogens is 4. The van der Waals surface area contributed by atoms with Gasteiger partial charge < -0.3 is 10.1 Å². The van der Waals surface area contributed by atoms with Crippen molar-refractivity contribution in [2.24, 2.45) is 0 Å². The van der Waals surface area contributed by atoms with E-state index in [0.29, 0.717) is 17.2 Å². The lowest BCUT2D eigenvalue weighted by atomic mass is 9.95. The fourth-order valence-corrected chi connectivity index (χ4v) is 5.27. The fourth-order valence-electron chi connectivity index (χ4n) is 5.27. The van der Waals surface area contributed by atoms with Gasteiger partial charge in [0.1, 0.15) is 29.3 Å². The normalized spacial score (nSPS) is 24.7. The van der Waals surface area contributed by atoms with Gasteiger partial charge in [-0.1, -0.05) is 30.3 Å². The van der Waals surface area contributed by atoms with Gasteiger partial charge in [0, 0.05) is 31.0 Å². The largest absolute Gasteiger partial charge is 0.366 e. The van der Waals surface area contributed by atoms with E-state index in [1.54, 1.807) is 22.9 Å². The van der Waals surface area contributed by atoms with E-state index in [1.165, 1.54) is 12.3 Å². The minimum atomic E-state index is -0.385. The Bertz CT molecular complexity index is 1340. The molecule has 3 aromatic heterocycles. The maximum atomic E-state index is 13.8. The van der Waals surface area contributed by atoms with Crippen LogP contribution in [0.5, 0.6) is 0 Å². The summed E-state index contributed by atoms with van der Waals surface area (Å²) in [6.45, 7) is 1.85. The van der Waals surface area contributed by atoms with E-state index in [1.807, 2.05) is 24.3 Å². The summed E-state index contributed by atoms with van der Waals surface area (Å²) in [6.07, 6.45) is 8.85. The third-order valence-electron chi connectivity index (χ3n) is 7.09. The number of benzene rings is 1. The number of carbonyl (C=O) groups excluding carboxylic acids is 1. The highest BCUT2D eigenvalue weighted by atomic mass is 19.1. The topological polar surface area (TPSA) is 75.4 Å². The van der Waals surface area contributed by atoms with Crippen LogP contribution < -0.4 is 5.32 Å². The number of piperidine rings is 1. The Morgan fingerprint density at radius 2 is 2.00 bits per heavy atom. The average molecular weight is 457 g/mol. The highest BCUT2D eigenvalue weighted by Gasteiger charge is 2.58. The molecule has 0 bridgehead atoms. The van der Waals surface area contributed by atoms with Crippen LogP contribution in [0.2, 0.25) is 0 Å². The summed E-state index contributed by atoms with van der Waals surface area (Å²) in [5.74, 6) is 0.871. The molecule has 0 radical (unpaired) electrons. The Morgan fingerprint density at radius 3 is 2.85 bits per heavy atom. The lowest BCUT2D eigenvalue weighted by Gasteiger charge is -2.34. The van der Waals surface area contributed by atoms with Crippen molar-refractivity contribution >= 4 is 17.8 Å². The van der Waals surface area contributed by atoms with Crippen molar-refractivity contribution < 1.29 is 9.18 Å². The first-order chi connectivity index (χ1) is 16.7. The number of pyridine rings is 1. The Kier molecular flexibility index (Phi) is 5.10. The van der Waals surface area contributed by atoms with Gasteiger partial charge in [0.05, 0.1) is 11.6 Å². The number of nitrogens with one attached hydrogen (secondary N) is 1. The molecule has 8 heteroatoms. The number of likely N-dealkylation sites (tertiary alicyclic amines) is 1. The smallest absolute Gasteiger partial charge is 0.180 e. The molecule has 2 aliphatic rings. The van der Waals surface area contributed by atoms with Crippen LogP contribution in [0.25, 0.3) is 17.2 Å². The number of halogens is 1. The van der Waals surface area contributed by atoms with E-state index in [-0.39, 0.29) is 23.3 Å². The standard InChI is InChI=1S/C26H25FN6O/c27-19-8-9-24-29-14-21(33(24)15-19)25-28-11-10-23(31-25)30-20-7-4-12-32(16-20)22-13-26(22,17-34)18-5-2-1-3-6-18/h1-3,5-6,8-11,14-15,17,20,22H,4,7,12-13,16H2,(H,28,30,31)/t20?,22-,26?/m1/s1. The van der Waals surface area contributed by atoms with Crippen molar-refractivity contribution in [3.63, 3.8) is 0 Å². The number of anilines is 1. The van der Waals surface area contributed by atoms with Gasteiger partial charge in [0.15, 0.2) is 5.82 Å². The van der Waals surface area contributed by atoms with Gasteiger partial charge in [0.25, 0.3) is 0 Å². The van der Waals surface area contributed by atoms with Gasteiger partial charge in [-0.2, -0.15) is 0 Å². The Labute approximate surface area is 196 Å². The zero-order valence-electron chi connectivity index (χ0n) is 18.6. The van der Waals surface area contributed by atoms with Crippen LogP contribution in [0.1, 0.15) is 24.8 Å². The number of imidazole rings is 1. The summed E-state index contributed by atoms with van der Waals surface area (Å²) in [6, 6.07) is 15.4. The minimum absolute atomic E-state index is 0.219. The van der Waals surface area contributed by atoms with Crippen LogP contribution in [-0.4, -0.2) is 55.7 Å². The van der Waals surface area contributed by atoms with Crippen molar-refractivity contribution in [2.75, 3.05) is 18.4 Å². The molecule has 1 saturated carbocycles. The third kappa shape index (κ3) is 3.64. The van der Waals surface area contributed by atoms with Crippen LogP contribution in [-0.2, 0) is 10.2 Å². The molecule has 6 rings (SSSR count). The number of aldehydes is 1. The minimum Gasteiger partial charge on any atom is -0.366 e. The SMILES string of the molecule is O=CC1(c2ccccc2)C[C@H]1N1CCCC(Nc2ccnc(-c3cnc4ccc(F)cn34)n2)C1. The highest BCUT2D eigenvalue weighted by molar-refractivity contribution is 5.76.